The molecule has 0 aliphatic rings. The molecule has 19 heavy (non-hydrogen) atoms. The van der Waals surface area contributed by atoms with Crippen LogP contribution in [0.1, 0.15) is 17.3 Å². The first kappa shape index (κ1) is 15.4. The van der Waals surface area contributed by atoms with Gasteiger partial charge in [0.1, 0.15) is 11.5 Å². The molecule has 1 aromatic rings. The Hall–Kier alpha value is -1.64. The van der Waals surface area contributed by atoms with Crippen LogP contribution in [0.4, 0.5) is 18.9 Å². The van der Waals surface area contributed by atoms with Crippen molar-refractivity contribution in [3.63, 3.8) is 0 Å². The van der Waals surface area contributed by atoms with E-state index in [1.807, 2.05) is 0 Å². The molecule has 5 nitrogen and oxygen atoms in total. The Morgan fingerprint density at radius 1 is 1.42 bits per heavy atom. The minimum atomic E-state index is -4.97. The molecule has 0 amide bonds. The van der Waals surface area contributed by atoms with Crippen molar-refractivity contribution in [3.8, 4) is 5.75 Å². The van der Waals surface area contributed by atoms with E-state index in [2.05, 4.69) is 20.7 Å². The van der Waals surface area contributed by atoms with Crippen LogP contribution in [0.25, 0.3) is 0 Å². The van der Waals surface area contributed by atoms with Gasteiger partial charge in [-0.25, -0.2) is 0 Å². The van der Waals surface area contributed by atoms with Crippen LogP contribution in [0, 0.1) is 10.1 Å². The third-order valence-electron chi connectivity index (χ3n) is 2.01. The normalized spacial score (nSPS) is 12.9. The number of Topliss-reactive ketones (excluding diaryl/α,β-unsaturated/α-hetero) is 1. The number of nitrogens with zero attached hydrogens (tertiary/aromatic N) is 1. The second kappa shape index (κ2) is 5.55. The summed E-state index contributed by atoms with van der Waals surface area (Å²) in [5, 5.41) is 10.6. The van der Waals surface area contributed by atoms with Gasteiger partial charge in [-0.15, -0.1) is 13.2 Å². The number of carbonyl (C=O) groups excluding carboxylic acids is 1. The van der Waals surface area contributed by atoms with Crippen LogP contribution >= 0.6 is 15.9 Å². The molecule has 0 fully saturated rings. The fraction of sp³-hybridized carbons (Fsp3) is 0.300. The molecule has 0 aromatic heterocycles. The maximum atomic E-state index is 12.1. The van der Waals surface area contributed by atoms with E-state index < -0.39 is 33.3 Å². The molecule has 0 aliphatic heterocycles. The molecule has 0 spiro atoms. The van der Waals surface area contributed by atoms with Gasteiger partial charge in [0.25, 0.3) is 5.69 Å². The molecule has 1 atom stereocenters. The second-order valence-corrected chi connectivity index (χ2v) is 4.45. The summed E-state index contributed by atoms with van der Waals surface area (Å²) in [5.41, 5.74) is -0.580. The van der Waals surface area contributed by atoms with Crippen molar-refractivity contribution < 1.29 is 27.6 Å². The summed E-state index contributed by atoms with van der Waals surface area (Å²) < 4.78 is 39.9. The summed E-state index contributed by atoms with van der Waals surface area (Å²) in [4.78, 5) is 20.0. The number of rotatable bonds is 4. The van der Waals surface area contributed by atoms with Crippen LogP contribution in [-0.2, 0) is 4.79 Å². The Morgan fingerprint density at radius 2 is 2.00 bits per heavy atom. The zero-order valence-corrected chi connectivity index (χ0v) is 11.0. The van der Waals surface area contributed by atoms with Gasteiger partial charge in [-0.05, 0) is 18.6 Å². The van der Waals surface area contributed by atoms with Gasteiger partial charge in [-0.2, -0.15) is 0 Å². The third-order valence-corrected chi connectivity index (χ3v) is 3.18. The van der Waals surface area contributed by atoms with Gasteiger partial charge in [0.05, 0.1) is 15.8 Å². The molecule has 0 N–H and O–H groups in total. The topological polar surface area (TPSA) is 69.4 Å². The number of hydrogen-bond donors (Lipinski definition) is 0. The quantitative estimate of drug-likeness (QED) is 0.477. The van der Waals surface area contributed by atoms with Gasteiger partial charge in [0, 0.05) is 6.07 Å². The van der Waals surface area contributed by atoms with Gasteiger partial charge in [0.2, 0.25) is 0 Å². The maximum absolute atomic E-state index is 12.1. The van der Waals surface area contributed by atoms with E-state index >= 15 is 0 Å². The summed E-state index contributed by atoms with van der Waals surface area (Å²) >= 11 is 2.94. The van der Waals surface area contributed by atoms with E-state index in [4.69, 9.17) is 0 Å². The summed E-state index contributed by atoms with van der Waals surface area (Å²) in [6.45, 7) is 1.20. The SMILES string of the molecule is CC(=O)C(Br)c1cc(OC(F)(F)F)cc([N+](=O)[O-])c1. The summed E-state index contributed by atoms with van der Waals surface area (Å²) in [6, 6.07) is 2.56. The summed E-state index contributed by atoms with van der Waals surface area (Å²) in [6.07, 6.45) is -4.97. The highest BCUT2D eigenvalue weighted by atomic mass is 79.9. The Bertz CT molecular complexity index is 518. The molecule has 1 aromatic carbocycles. The lowest BCUT2D eigenvalue weighted by Gasteiger charge is -2.12. The number of nitro benzene ring substituents is 1. The van der Waals surface area contributed by atoms with Crippen LogP contribution in [0.5, 0.6) is 5.75 Å². The standard InChI is InChI=1S/C10H7BrF3NO4/c1-5(16)9(11)6-2-7(15(17)18)4-8(3-6)19-10(12,13)14/h2-4,9H,1H3. The lowest BCUT2D eigenvalue weighted by Crippen LogP contribution is -2.17. The van der Waals surface area contributed by atoms with Crippen molar-refractivity contribution in [1.29, 1.82) is 0 Å². The van der Waals surface area contributed by atoms with Crippen molar-refractivity contribution in [2.45, 2.75) is 18.1 Å². The van der Waals surface area contributed by atoms with Crippen molar-refractivity contribution in [2.24, 2.45) is 0 Å². The van der Waals surface area contributed by atoms with Gasteiger partial charge in [-0.1, -0.05) is 15.9 Å². The fourth-order valence-corrected chi connectivity index (χ4v) is 1.55. The molecule has 9 heteroatoms. The number of benzene rings is 1. The van der Waals surface area contributed by atoms with Crippen LogP contribution in [0.3, 0.4) is 0 Å². The summed E-state index contributed by atoms with van der Waals surface area (Å²) in [7, 11) is 0. The molecule has 1 unspecified atom stereocenters. The number of hydrogen-bond acceptors (Lipinski definition) is 4. The molecule has 0 bridgehead atoms. The molecule has 0 saturated carbocycles. The Balaban J connectivity index is 3.25. The maximum Gasteiger partial charge on any atom is 0.573 e. The number of nitro groups is 1. The smallest absolute Gasteiger partial charge is 0.406 e. The monoisotopic (exact) mass is 341 g/mol. The van der Waals surface area contributed by atoms with E-state index in [-0.39, 0.29) is 5.56 Å². The van der Waals surface area contributed by atoms with Crippen LogP contribution in [0.2, 0.25) is 0 Å². The number of carbonyl (C=O) groups is 1. The lowest BCUT2D eigenvalue weighted by atomic mass is 10.1. The van der Waals surface area contributed by atoms with Crippen molar-refractivity contribution >= 4 is 27.4 Å². The van der Waals surface area contributed by atoms with Crippen LogP contribution in [-0.4, -0.2) is 17.1 Å². The van der Waals surface area contributed by atoms with Crippen LogP contribution < -0.4 is 4.74 Å². The van der Waals surface area contributed by atoms with Gasteiger partial charge >= 0.3 is 6.36 Å². The van der Waals surface area contributed by atoms with Crippen molar-refractivity contribution in [2.75, 3.05) is 0 Å². The molecule has 0 radical (unpaired) electrons. The average molecular weight is 342 g/mol. The first-order valence-corrected chi connectivity index (χ1v) is 5.71. The number of ether oxygens (including phenoxy) is 1. The van der Waals surface area contributed by atoms with Gasteiger partial charge in [0.15, 0.2) is 0 Å². The zero-order valence-electron chi connectivity index (χ0n) is 9.40. The lowest BCUT2D eigenvalue weighted by molar-refractivity contribution is -0.385. The van der Waals surface area contributed by atoms with E-state index in [9.17, 15) is 28.1 Å². The largest absolute Gasteiger partial charge is 0.573 e. The van der Waals surface area contributed by atoms with Crippen molar-refractivity contribution in [1.82, 2.24) is 0 Å². The Labute approximate surface area is 113 Å². The Morgan fingerprint density at radius 3 is 2.42 bits per heavy atom. The highest BCUT2D eigenvalue weighted by Crippen LogP contribution is 2.33. The molecule has 1 rings (SSSR count). The molecule has 0 heterocycles. The third kappa shape index (κ3) is 4.51. The van der Waals surface area contributed by atoms with E-state index in [1.165, 1.54) is 6.92 Å². The highest BCUT2D eigenvalue weighted by Gasteiger charge is 2.32. The number of alkyl halides is 4. The number of ketones is 1. The second-order valence-electron chi connectivity index (χ2n) is 3.54. The highest BCUT2D eigenvalue weighted by molar-refractivity contribution is 9.09. The van der Waals surface area contributed by atoms with E-state index in [0.717, 1.165) is 12.1 Å². The van der Waals surface area contributed by atoms with Crippen LogP contribution in [0.15, 0.2) is 18.2 Å². The fourth-order valence-electron chi connectivity index (χ4n) is 1.28. The Kier molecular flexibility index (Phi) is 4.51. The molecule has 104 valence electrons. The molecular weight excluding hydrogens is 335 g/mol. The van der Waals surface area contributed by atoms with Crippen molar-refractivity contribution in [3.05, 3.63) is 33.9 Å². The zero-order chi connectivity index (χ0) is 14.8. The predicted molar refractivity (Wildman–Crippen MR) is 62.1 cm³/mol. The number of non-ortho nitro benzene ring substituents is 1. The van der Waals surface area contributed by atoms with E-state index in [0.29, 0.717) is 6.07 Å². The molecular formula is C10H7BrF3NO4. The first-order chi connectivity index (χ1) is 8.60. The first-order valence-electron chi connectivity index (χ1n) is 4.80. The molecule has 0 aliphatic carbocycles. The van der Waals surface area contributed by atoms with Gasteiger partial charge in [-0.3, -0.25) is 14.9 Å². The minimum absolute atomic E-state index is 0.0148. The minimum Gasteiger partial charge on any atom is -0.406 e. The molecule has 0 saturated heterocycles. The average Bonchev–Trinajstić information content (AvgIpc) is 2.24. The summed E-state index contributed by atoms with van der Waals surface area (Å²) in [5.74, 6) is -1.15. The number of halogens is 4. The predicted octanol–water partition coefficient (Wildman–Crippen LogP) is 3.52. The van der Waals surface area contributed by atoms with Gasteiger partial charge < -0.3 is 4.74 Å². The van der Waals surface area contributed by atoms with E-state index in [1.54, 1.807) is 0 Å².